The Kier molecular flexibility index (Phi) is 2.02. The van der Waals surface area contributed by atoms with Crippen molar-refractivity contribution in [1.29, 1.82) is 0 Å². The Morgan fingerprint density at radius 2 is 2.27 bits per heavy atom. The Hall–Kier alpha value is -1.29. The van der Waals surface area contributed by atoms with E-state index in [0.29, 0.717) is 6.04 Å². The monoisotopic (exact) mass is 205 g/mol. The van der Waals surface area contributed by atoms with Crippen LogP contribution in [0.2, 0.25) is 0 Å². The molecule has 1 amide bonds. The van der Waals surface area contributed by atoms with Crippen molar-refractivity contribution in [3.63, 3.8) is 0 Å². The van der Waals surface area contributed by atoms with E-state index in [1.54, 1.807) is 0 Å². The SMILES string of the molecule is O=C1NNC2=C3C=CCCCC3NCC12. The molecular weight excluding hydrogens is 190 g/mol. The Balaban J connectivity index is 2.02. The number of amides is 1. The molecule has 80 valence electrons. The van der Waals surface area contributed by atoms with Crippen LogP contribution < -0.4 is 16.2 Å². The second-order valence-corrected chi connectivity index (χ2v) is 4.33. The third-order valence-electron chi connectivity index (χ3n) is 3.40. The van der Waals surface area contributed by atoms with Crippen molar-refractivity contribution in [2.45, 2.75) is 25.3 Å². The van der Waals surface area contributed by atoms with Gasteiger partial charge in [0.15, 0.2) is 0 Å². The number of rotatable bonds is 0. The van der Waals surface area contributed by atoms with E-state index in [9.17, 15) is 4.79 Å². The summed E-state index contributed by atoms with van der Waals surface area (Å²) in [5.74, 6) is 0.0695. The van der Waals surface area contributed by atoms with Crippen molar-refractivity contribution >= 4 is 5.91 Å². The highest BCUT2D eigenvalue weighted by Gasteiger charge is 2.37. The van der Waals surface area contributed by atoms with Crippen molar-refractivity contribution in [2.24, 2.45) is 5.92 Å². The van der Waals surface area contributed by atoms with E-state index in [0.717, 1.165) is 25.1 Å². The van der Waals surface area contributed by atoms with Crippen LogP contribution >= 0.6 is 0 Å². The Morgan fingerprint density at radius 3 is 3.20 bits per heavy atom. The first kappa shape index (κ1) is 8.97. The van der Waals surface area contributed by atoms with Crippen molar-refractivity contribution in [3.05, 3.63) is 23.4 Å². The van der Waals surface area contributed by atoms with Gasteiger partial charge < -0.3 is 10.7 Å². The lowest BCUT2D eigenvalue weighted by molar-refractivity contribution is -0.122. The summed E-state index contributed by atoms with van der Waals surface area (Å²) >= 11 is 0. The molecule has 1 saturated heterocycles. The molecule has 1 aliphatic carbocycles. The largest absolute Gasteiger partial charge is 0.309 e. The maximum Gasteiger partial charge on any atom is 0.248 e. The zero-order valence-electron chi connectivity index (χ0n) is 8.55. The first-order valence-electron chi connectivity index (χ1n) is 5.56. The summed E-state index contributed by atoms with van der Waals surface area (Å²) in [5, 5.41) is 3.45. The highest BCUT2D eigenvalue weighted by atomic mass is 16.2. The molecular formula is C11H15N3O. The van der Waals surface area contributed by atoms with Crippen LogP contribution in [0.15, 0.2) is 23.4 Å². The molecule has 3 aliphatic rings. The van der Waals surface area contributed by atoms with Gasteiger partial charge in [-0.05, 0) is 24.8 Å². The average Bonchev–Trinajstić information content (AvgIpc) is 2.51. The minimum absolute atomic E-state index is 0.0148. The van der Waals surface area contributed by atoms with Crippen molar-refractivity contribution < 1.29 is 4.79 Å². The van der Waals surface area contributed by atoms with Gasteiger partial charge in [0.25, 0.3) is 0 Å². The molecule has 3 rings (SSSR count). The lowest BCUT2D eigenvalue weighted by Crippen LogP contribution is -2.42. The molecule has 4 nitrogen and oxygen atoms in total. The Labute approximate surface area is 88.8 Å². The molecule has 0 saturated carbocycles. The van der Waals surface area contributed by atoms with Crippen LogP contribution in [-0.2, 0) is 4.79 Å². The highest BCUT2D eigenvalue weighted by molar-refractivity contribution is 5.85. The summed E-state index contributed by atoms with van der Waals surface area (Å²) in [6.07, 6.45) is 7.89. The summed E-state index contributed by atoms with van der Waals surface area (Å²) in [6.45, 7) is 0.760. The summed E-state index contributed by atoms with van der Waals surface area (Å²) in [6, 6.07) is 0.426. The van der Waals surface area contributed by atoms with Gasteiger partial charge in [0.05, 0.1) is 11.6 Å². The zero-order valence-corrected chi connectivity index (χ0v) is 8.55. The third kappa shape index (κ3) is 1.36. The van der Waals surface area contributed by atoms with Gasteiger partial charge in [-0.2, -0.15) is 0 Å². The summed E-state index contributed by atoms with van der Waals surface area (Å²) in [4.78, 5) is 11.5. The molecule has 0 bridgehead atoms. The fourth-order valence-corrected chi connectivity index (χ4v) is 2.57. The number of hydrogen-bond acceptors (Lipinski definition) is 3. The van der Waals surface area contributed by atoms with Crippen LogP contribution in [-0.4, -0.2) is 18.5 Å². The molecule has 2 aliphatic heterocycles. The molecule has 0 aromatic heterocycles. The van der Waals surface area contributed by atoms with Gasteiger partial charge in [-0.1, -0.05) is 12.2 Å². The van der Waals surface area contributed by atoms with Gasteiger partial charge >= 0.3 is 0 Å². The number of fused-ring (bicyclic) bond motifs is 2. The summed E-state index contributed by atoms with van der Waals surface area (Å²) < 4.78 is 0. The van der Waals surface area contributed by atoms with E-state index in [1.165, 1.54) is 12.0 Å². The molecule has 4 heteroatoms. The fraction of sp³-hybridized carbons (Fsp3) is 0.545. The van der Waals surface area contributed by atoms with Gasteiger partial charge in [0.2, 0.25) is 5.91 Å². The Bertz CT molecular complexity index is 359. The predicted molar refractivity (Wildman–Crippen MR) is 56.6 cm³/mol. The van der Waals surface area contributed by atoms with Gasteiger partial charge in [-0.25, -0.2) is 0 Å². The van der Waals surface area contributed by atoms with E-state index in [2.05, 4.69) is 28.3 Å². The molecule has 2 atom stereocenters. The Morgan fingerprint density at radius 1 is 1.33 bits per heavy atom. The molecule has 0 aromatic carbocycles. The second-order valence-electron chi connectivity index (χ2n) is 4.33. The van der Waals surface area contributed by atoms with Crippen LogP contribution in [0.5, 0.6) is 0 Å². The number of hydrogen-bond donors (Lipinski definition) is 3. The quantitative estimate of drug-likeness (QED) is 0.529. The van der Waals surface area contributed by atoms with Crippen LogP contribution in [0.3, 0.4) is 0 Å². The van der Waals surface area contributed by atoms with E-state index in [-0.39, 0.29) is 11.8 Å². The van der Waals surface area contributed by atoms with Gasteiger partial charge in [-0.15, -0.1) is 0 Å². The van der Waals surface area contributed by atoms with E-state index < -0.39 is 0 Å². The van der Waals surface area contributed by atoms with Gasteiger partial charge in [0, 0.05) is 12.6 Å². The third-order valence-corrected chi connectivity index (χ3v) is 3.40. The predicted octanol–water partition coefficient (Wildman–Crippen LogP) is 0.203. The standard InChI is InChI=1S/C11H15N3O/c15-11-8-6-12-9-5-3-1-2-4-7(9)10(8)13-14-11/h2,4,8-9,12-13H,1,3,5-6H2,(H,14,15). The molecule has 1 fully saturated rings. The smallest absolute Gasteiger partial charge is 0.248 e. The van der Waals surface area contributed by atoms with Crippen LogP contribution in [0.25, 0.3) is 0 Å². The topological polar surface area (TPSA) is 53.2 Å². The first-order valence-corrected chi connectivity index (χ1v) is 5.56. The normalized spacial score (nSPS) is 34.0. The minimum atomic E-state index is -0.0148. The van der Waals surface area contributed by atoms with Crippen molar-refractivity contribution in [2.75, 3.05) is 6.54 Å². The number of allylic oxidation sites excluding steroid dienone is 1. The number of hydrazine groups is 1. The molecule has 2 unspecified atom stereocenters. The maximum atomic E-state index is 11.5. The molecule has 15 heavy (non-hydrogen) atoms. The fourth-order valence-electron chi connectivity index (χ4n) is 2.57. The summed E-state index contributed by atoms with van der Waals surface area (Å²) in [7, 11) is 0. The molecule has 0 spiro atoms. The second kappa shape index (κ2) is 3.38. The highest BCUT2D eigenvalue weighted by Crippen LogP contribution is 2.28. The lowest BCUT2D eigenvalue weighted by Gasteiger charge is -2.28. The summed E-state index contributed by atoms with van der Waals surface area (Å²) in [5.41, 5.74) is 8.07. The maximum absolute atomic E-state index is 11.5. The minimum Gasteiger partial charge on any atom is -0.309 e. The van der Waals surface area contributed by atoms with Crippen LogP contribution in [0, 0.1) is 5.92 Å². The number of carbonyl (C=O) groups excluding carboxylic acids is 1. The van der Waals surface area contributed by atoms with Crippen LogP contribution in [0.4, 0.5) is 0 Å². The van der Waals surface area contributed by atoms with Crippen molar-refractivity contribution in [1.82, 2.24) is 16.2 Å². The zero-order chi connectivity index (χ0) is 10.3. The number of carbonyl (C=O) groups is 1. The van der Waals surface area contributed by atoms with E-state index in [4.69, 9.17) is 0 Å². The number of nitrogens with one attached hydrogen (secondary N) is 3. The first-order chi connectivity index (χ1) is 7.36. The molecule has 3 N–H and O–H groups in total. The molecule has 0 aromatic rings. The van der Waals surface area contributed by atoms with E-state index >= 15 is 0 Å². The average molecular weight is 205 g/mol. The van der Waals surface area contributed by atoms with Crippen LogP contribution in [0.1, 0.15) is 19.3 Å². The lowest BCUT2D eigenvalue weighted by atomic mass is 9.91. The van der Waals surface area contributed by atoms with E-state index in [1.807, 2.05) is 0 Å². The van der Waals surface area contributed by atoms with Gasteiger partial charge in [0.1, 0.15) is 0 Å². The van der Waals surface area contributed by atoms with Crippen molar-refractivity contribution in [3.8, 4) is 0 Å². The molecule has 0 radical (unpaired) electrons. The van der Waals surface area contributed by atoms with Gasteiger partial charge in [-0.3, -0.25) is 10.2 Å². The molecule has 2 heterocycles.